The number of fused-ring (bicyclic) bond motifs is 1. The molecular weight excluding hydrogens is 260 g/mol. The molecule has 108 valence electrons. The van der Waals surface area contributed by atoms with Gasteiger partial charge in [-0.25, -0.2) is 0 Å². The first-order valence-electron chi connectivity index (χ1n) is 7.38. The second-order valence-corrected chi connectivity index (χ2v) is 5.61. The summed E-state index contributed by atoms with van der Waals surface area (Å²) >= 11 is 0. The van der Waals surface area contributed by atoms with E-state index >= 15 is 0 Å². The van der Waals surface area contributed by atoms with Gasteiger partial charge in [-0.05, 0) is 36.1 Å². The lowest BCUT2D eigenvalue weighted by Gasteiger charge is -2.27. The standard InChI is InChI=1S/C18H20N2O/c1-13-6-2-3-7-14(13)11-18(21)20-16-10-15-8-4-5-9-17(15)19-12-16/h2-9,16,19H,10-12H2,1H3,(H,20,21). The van der Waals surface area contributed by atoms with Crippen LogP contribution in [-0.4, -0.2) is 18.5 Å². The van der Waals surface area contributed by atoms with Crippen molar-refractivity contribution in [3.63, 3.8) is 0 Å². The van der Waals surface area contributed by atoms with Crippen molar-refractivity contribution in [2.75, 3.05) is 11.9 Å². The summed E-state index contributed by atoms with van der Waals surface area (Å²) in [5.41, 5.74) is 4.71. The fraction of sp³-hybridized carbons (Fsp3) is 0.278. The highest BCUT2D eigenvalue weighted by atomic mass is 16.1. The number of amides is 1. The fourth-order valence-electron chi connectivity index (χ4n) is 2.80. The highest BCUT2D eigenvalue weighted by molar-refractivity contribution is 5.79. The average molecular weight is 280 g/mol. The molecule has 0 saturated heterocycles. The largest absolute Gasteiger partial charge is 0.383 e. The molecule has 2 N–H and O–H groups in total. The molecule has 1 aliphatic rings. The zero-order chi connectivity index (χ0) is 14.7. The van der Waals surface area contributed by atoms with Crippen LogP contribution in [-0.2, 0) is 17.6 Å². The molecule has 0 spiro atoms. The van der Waals surface area contributed by atoms with Crippen molar-refractivity contribution in [2.24, 2.45) is 0 Å². The summed E-state index contributed by atoms with van der Waals surface area (Å²) in [7, 11) is 0. The minimum absolute atomic E-state index is 0.0930. The summed E-state index contributed by atoms with van der Waals surface area (Å²) < 4.78 is 0. The molecule has 21 heavy (non-hydrogen) atoms. The van der Waals surface area contributed by atoms with E-state index in [1.165, 1.54) is 16.8 Å². The molecule has 0 bridgehead atoms. The van der Waals surface area contributed by atoms with Crippen LogP contribution in [0.4, 0.5) is 5.69 Å². The molecular formula is C18H20N2O. The molecule has 0 saturated carbocycles. The molecule has 1 heterocycles. The summed E-state index contributed by atoms with van der Waals surface area (Å²) in [5, 5.41) is 6.51. The Morgan fingerprint density at radius 1 is 1.19 bits per heavy atom. The van der Waals surface area contributed by atoms with Gasteiger partial charge >= 0.3 is 0 Å². The monoisotopic (exact) mass is 280 g/mol. The first-order valence-corrected chi connectivity index (χ1v) is 7.38. The number of anilines is 1. The minimum Gasteiger partial charge on any atom is -0.383 e. The number of hydrogen-bond acceptors (Lipinski definition) is 2. The number of nitrogens with one attached hydrogen (secondary N) is 2. The molecule has 0 fully saturated rings. The molecule has 3 rings (SSSR count). The van der Waals surface area contributed by atoms with Crippen molar-refractivity contribution in [3.05, 3.63) is 65.2 Å². The fourth-order valence-corrected chi connectivity index (χ4v) is 2.80. The molecule has 2 aromatic carbocycles. The second kappa shape index (κ2) is 6.00. The third kappa shape index (κ3) is 3.24. The normalized spacial score (nSPS) is 16.7. The van der Waals surface area contributed by atoms with Crippen LogP contribution < -0.4 is 10.6 Å². The van der Waals surface area contributed by atoms with Crippen LogP contribution in [0.15, 0.2) is 48.5 Å². The molecule has 0 aliphatic carbocycles. The highest BCUT2D eigenvalue weighted by Crippen LogP contribution is 2.21. The third-order valence-corrected chi connectivity index (χ3v) is 4.00. The molecule has 1 atom stereocenters. The zero-order valence-electron chi connectivity index (χ0n) is 12.2. The van der Waals surface area contributed by atoms with Gasteiger partial charge in [-0.3, -0.25) is 4.79 Å². The maximum Gasteiger partial charge on any atom is 0.224 e. The van der Waals surface area contributed by atoms with Crippen molar-refractivity contribution < 1.29 is 4.79 Å². The number of carbonyl (C=O) groups is 1. The van der Waals surface area contributed by atoms with E-state index in [1.54, 1.807) is 0 Å². The Labute approximate surface area is 125 Å². The van der Waals surface area contributed by atoms with Gasteiger partial charge in [-0.2, -0.15) is 0 Å². The number of benzene rings is 2. The van der Waals surface area contributed by atoms with E-state index < -0.39 is 0 Å². The lowest BCUT2D eigenvalue weighted by molar-refractivity contribution is -0.121. The summed E-state index contributed by atoms with van der Waals surface area (Å²) in [6.45, 7) is 2.83. The zero-order valence-corrected chi connectivity index (χ0v) is 12.2. The second-order valence-electron chi connectivity index (χ2n) is 5.61. The van der Waals surface area contributed by atoms with Crippen LogP contribution in [0.1, 0.15) is 16.7 Å². The van der Waals surface area contributed by atoms with Gasteiger partial charge in [-0.15, -0.1) is 0 Å². The molecule has 1 aliphatic heterocycles. The van der Waals surface area contributed by atoms with E-state index in [9.17, 15) is 4.79 Å². The van der Waals surface area contributed by atoms with E-state index in [0.717, 1.165) is 18.5 Å². The van der Waals surface area contributed by atoms with Crippen LogP contribution in [0, 0.1) is 6.92 Å². The van der Waals surface area contributed by atoms with Crippen molar-refractivity contribution in [1.29, 1.82) is 0 Å². The van der Waals surface area contributed by atoms with Crippen LogP contribution in [0.5, 0.6) is 0 Å². The van der Waals surface area contributed by atoms with Crippen molar-refractivity contribution in [3.8, 4) is 0 Å². The molecule has 3 nitrogen and oxygen atoms in total. The summed E-state index contributed by atoms with van der Waals surface area (Å²) in [6.07, 6.45) is 1.34. The Kier molecular flexibility index (Phi) is 3.91. The van der Waals surface area contributed by atoms with E-state index in [0.29, 0.717) is 6.42 Å². The van der Waals surface area contributed by atoms with Crippen molar-refractivity contribution in [2.45, 2.75) is 25.8 Å². The lowest BCUT2D eigenvalue weighted by Crippen LogP contribution is -2.44. The van der Waals surface area contributed by atoms with Gasteiger partial charge in [-0.1, -0.05) is 42.5 Å². The first-order chi connectivity index (χ1) is 10.2. The van der Waals surface area contributed by atoms with Gasteiger partial charge in [0, 0.05) is 12.2 Å². The third-order valence-electron chi connectivity index (χ3n) is 4.00. The topological polar surface area (TPSA) is 41.1 Å². The Hall–Kier alpha value is -2.29. The van der Waals surface area contributed by atoms with Gasteiger partial charge < -0.3 is 10.6 Å². The highest BCUT2D eigenvalue weighted by Gasteiger charge is 2.19. The Balaban J connectivity index is 1.60. The van der Waals surface area contributed by atoms with Crippen LogP contribution in [0.2, 0.25) is 0 Å². The van der Waals surface area contributed by atoms with E-state index in [2.05, 4.69) is 22.8 Å². The first kappa shape index (κ1) is 13.7. The summed E-state index contributed by atoms with van der Waals surface area (Å²) in [5.74, 6) is 0.0930. The lowest BCUT2D eigenvalue weighted by atomic mass is 9.99. The van der Waals surface area contributed by atoms with Gasteiger partial charge in [0.05, 0.1) is 12.5 Å². The maximum absolute atomic E-state index is 12.2. The summed E-state index contributed by atoms with van der Waals surface area (Å²) in [4.78, 5) is 12.2. The molecule has 2 aromatic rings. The van der Waals surface area contributed by atoms with E-state index in [-0.39, 0.29) is 11.9 Å². The quantitative estimate of drug-likeness (QED) is 0.907. The van der Waals surface area contributed by atoms with Crippen molar-refractivity contribution >= 4 is 11.6 Å². The average Bonchev–Trinajstić information content (AvgIpc) is 2.49. The predicted octanol–water partition coefficient (Wildman–Crippen LogP) is 2.69. The number of rotatable bonds is 3. The van der Waals surface area contributed by atoms with Crippen LogP contribution in [0.3, 0.4) is 0 Å². The van der Waals surface area contributed by atoms with Gasteiger partial charge in [0.25, 0.3) is 0 Å². The van der Waals surface area contributed by atoms with Gasteiger partial charge in [0.1, 0.15) is 0 Å². The smallest absolute Gasteiger partial charge is 0.224 e. The molecule has 3 heteroatoms. The van der Waals surface area contributed by atoms with Crippen LogP contribution >= 0.6 is 0 Å². The summed E-state index contributed by atoms with van der Waals surface area (Å²) in [6, 6.07) is 16.5. The van der Waals surface area contributed by atoms with Crippen LogP contribution in [0.25, 0.3) is 0 Å². The maximum atomic E-state index is 12.2. The number of para-hydroxylation sites is 1. The minimum atomic E-state index is 0.0930. The molecule has 0 aromatic heterocycles. The SMILES string of the molecule is Cc1ccccc1CC(=O)NC1CNc2ccccc2C1. The molecule has 1 unspecified atom stereocenters. The Morgan fingerprint density at radius 2 is 1.95 bits per heavy atom. The Morgan fingerprint density at radius 3 is 2.81 bits per heavy atom. The number of hydrogen-bond donors (Lipinski definition) is 2. The number of aryl methyl sites for hydroxylation is 1. The molecule has 0 radical (unpaired) electrons. The van der Waals surface area contributed by atoms with Gasteiger partial charge in [0.2, 0.25) is 5.91 Å². The van der Waals surface area contributed by atoms with E-state index in [1.807, 2.05) is 43.3 Å². The molecule has 1 amide bonds. The van der Waals surface area contributed by atoms with Gasteiger partial charge in [0.15, 0.2) is 0 Å². The number of carbonyl (C=O) groups excluding carboxylic acids is 1. The predicted molar refractivity (Wildman–Crippen MR) is 85.4 cm³/mol. The Bertz CT molecular complexity index is 651. The van der Waals surface area contributed by atoms with E-state index in [4.69, 9.17) is 0 Å². The van der Waals surface area contributed by atoms with Crippen molar-refractivity contribution in [1.82, 2.24) is 5.32 Å².